The van der Waals surface area contributed by atoms with E-state index in [-0.39, 0.29) is 6.04 Å². The normalized spacial score (nSPS) is 12.4. The smallest absolute Gasteiger partial charge is 0.0931 e. The van der Waals surface area contributed by atoms with E-state index in [0.29, 0.717) is 0 Å². The average Bonchev–Trinajstić information content (AvgIpc) is 2.79. The SMILES string of the molecule is CCCc1ccc(NC(C)c2csc(Cl)c2)cc1. The van der Waals surface area contributed by atoms with Crippen LogP contribution in [0, 0.1) is 0 Å². The Kier molecular flexibility index (Phi) is 4.67. The molecule has 0 radical (unpaired) electrons. The molecule has 0 aliphatic carbocycles. The summed E-state index contributed by atoms with van der Waals surface area (Å²) in [6.07, 6.45) is 2.34. The molecular weight excluding hydrogens is 262 g/mol. The van der Waals surface area contributed by atoms with Crippen molar-refractivity contribution in [2.24, 2.45) is 0 Å². The van der Waals surface area contributed by atoms with Gasteiger partial charge in [-0.3, -0.25) is 0 Å². The van der Waals surface area contributed by atoms with Crippen LogP contribution in [0.15, 0.2) is 35.7 Å². The molecule has 1 unspecified atom stereocenters. The maximum absolute atomic E-state index is 5.95. The van der Waals surface area contributed by atoms with Crippen molar-refractivity contribution in [3.8, 4) is 0 Å². The summed E-state index contributed by atoms with van der Waals surface area (Å²) in [4.78, 5) is 0. The fraction of sp³-hybridized carbons (Fsp3) is 0.333. The lowest BCUT2D eigenvalue weighted by atomic mass is 10.1. The van der Waals surface area contributed by atoms with E-state index in [9.17, 15) is 0 Å². The molecule has 0 aliphatic heterocycles. The first-order valence-corrected chi connectivity index (χ1v) is 7.54. The van der Waals surface area contributed by atoms with Gasteiger partial charge in [-0.25, -0.2) is 0 Å². The maximum atomic E-state index is 5.95. The van der Waals surface area contributed by atoms with Crippen LogP contribution in [0.3, 0.4) is 0 Å². The number of anilines is 1. The summed E-state index contributed by atoms with van der Waals surface area (Å²) in [5.74, 6) is 0. The van der Waals surface area contributed by atoms with Gasteiger partial charge in [-0.1, -0.05) is 37.1 Å². The van der Waals surface area contributed by atoms with E-state index in [2.05, 4.69) is 48.8 Å². The van der Waals surface area contributed by atoms with E-state index in [0.717, 1.165) is 16.4 Å². The number of nitrogens with one attached hydrogen (secondary N) is 1. The van der Waals surface area contributed by atoms with Crippen molar-refractivity contribution in [3.63, 3.8) is 0 Å². The highest BCUT2D eigenvalue weighted by molar-refractivity contribution is 7.14. The molecule has 1 N–H and O–H groups in total. The van der Waals surface area contributed by atoms with Crippen LogP contribution in [0.2, 0.25) is 4.34 Å². The summed E-state index contributed by atoms with van der Waals surface area (Å²) >= 11 is 7.53. The van der Waals surface area contributed by atoms with E-state index in [4.69, 9.17) is 11.6 Å². The minimum atomic E-state index is 0.283. The molecule has 2 rings (SSSR count). The van der Waals surface area contributed by atoms with Gasteiger partial charge >= 0.3 is 0 Å². The number of thiophene rings is 1. The maximum Gasteiger partial charge on any atom is 0.0931 e. The molecule has 0 fully saturated rings. The zero-order chi connectivity index (χ0) is 13.0. The molecule has 1 heterocycles. The summed E-state index contributed by atoms with van der Waals surface area (Å²) in [5, 5.41) is 5.59. The summed E-state index contributed by atoms with van der Waals surface area (Å²) in [7, 11) is 0. The third kappa shape index (κ3) is 3.50. The third-order valence-electron chi connectivity index (χ3n) is 2.96. The summed E-state index contributed by atoms with van der Waals surface area (Å²) in [5.41, 5.74) is 3.79. The molecule has 0 amide bonds. The van der Waals surface area contributed by atoms with Gasteiger partial charge in [0.25, 0.3) is 0 Å². The minimum Gasteiger partial charge on any atom is -0.378 e. The standard InChI is InChI=1S/C15H18ClNS/c1-3-4-12-5-7-14(8-6-12)17-11(2)13-9-15(16)18-10-13/h5-11,17H,3-4H2,1-2H3. The van der Waals surface area contributed by atoms with Gasteiger partial charge in [0.05, 0.1) is 4.34 Å². The van der Waals surface area contributed by atoms with Gasteiger partial charge in [0.15, 0.2) is 0 Å². The van der Waals surface area contributed by atoms with E-state index >= 15 is 0 Å². The van der Waals surface area contributed by atoms with Gasteiger partial charge in [-0.15, -0.1) is 11.3 Å². The Labute approximate surface area is 118 Å². The van der Waals surface area contributed by atoms with Crippen molar-refractivity contribution in [2.45, 2.75) is 32.7 Å². The van der Waals surface area contributed by atoms with E-state index in [1.165, 1.54) is 17.5 Å². The Morgan fingerprint density at radius 3 is 2.56 bits per heavy atom. The van der Waals surface area contributed by atoms with E-state index in [1.807, 2.05) is 6.07 Å². The van der Waals surface area contributed by atoms with Crippen LogP contribution in [0.1, 0.15) is 37.4 Å². The van der Waals surface area contributed by atoms with Crippen molar-refractivity contribution >= 4 is 28.6 Å². The molecule has 0 bridgehead atoms. The number of hydrogen-bond donors (Lipinski definition) is 1. The molecule has 1 nitrogen and oxygen atoms in total. The van der Waals surface area contributed by atoms with E-state index < -0.39 is 0 Å². The number of hydrogen-bond acceptors (Lipinski definition) is 2. The highest BCUT2D eigenvalue weighted by atomic mass is 35.5. The number of rotatable bonds is 5. The van der Waals surface area contributed by atoms with Crippen LogP contribution >= 0.6 is 22.9 Å². The van der Waals surface area contributed by atoms with Gasteiger partial charge in [0, 0.05) is 11.7 Å². The fourth-order valence-electron chi connectivity index (χ4n) is 1.94. The van der Waals surface area contributed by atoms with Crippen molar-refractivity contribution in [1.82, 2.24) is 0 Å². The quantitative estimate of drug-likeness (QED) is 0.759. The summed E-state index contributed by atoms with van der Waals surface area (Å²) in [6.45, 7) is 4.35. The number of halogens is 1. The third-order valence-corrected chi connectivity index (χ3v) is 4.07. The molecule has 1 atom stereocenters. The van der Waals surface area contributed by atoms with E-state index in [1.54, 1.807) is 11.3 Å². The molecule has 2 aromatic rings. The Balaban J connectivity index is 2.00. The molecule has 0 saturated carbocycles. The molecule has 3 heteroatoms. The first-order valence-electron chi connectivity index (χ1n) is 6.28. The minimum absolute atomic E-state index is 0.283. The number of benzene rings is 1. The fourth-order valence-corrected chi connectivity index (χ4v) is 2.92. The van der Waals surface area contributed by atoms with Crippen LogP contribution < -0.4 is 5.32 Å². The summed E-state index contributed by atoms with van der Waals surface area (Å²) < 4.78 is 0.844. The Bertz CT molecular complexity index is 489. The molecular formula is C15H18ClNS. The highest BCUT2D eigenvalue weighted by Crippen LogP contribution is 2.27. The molecule has 0 spiro atoms. The van der Waals surface area contributed by atoms with Gasteiger partial charge in [-0.05, 0) is 48.1 Å². The summed E-state index contributed by atoms with van der Waals surface area (Å²) in [6, 6.07) is 11.0. The molecule has 1 aromatic carbocycles. The van der Waals surface area contributed by atoms with Crippen LogP contribution in [0.25, 0.3) is 0 Å². The average molecular weight is 280 g/mol. The second kappa shape index (κ2) is 6.26. The van der Waals surface area contributed by atoms with Crippen LogP contribution in [0.4, 0.5) is 5.69 Å². The van der Waals surface area contributed by atoms with Crippen LogP contribution in [-0.2, 0) is 6.42 Å². The zero-order valence-electron chi connectivity index (χ0n) is 10.7. The molecule has 96 valence electrons. The van der Waals surface area contributed by atoms with Gasteiger partial charge in [0.2, 0.25) is 0 Å². The lowest BCUT2D eigenvalue weighted by molar-refractivity contribution is 0.888. The Morgan fingerprint density at radius 2 is 2.00 bits per heavy atom. The van der Waals surface area contributed by atoms with Crippen molar-refractivity contribution in [1.29, 1.82) is 0 Å². The van der Waals surface area contributed by atoms with Crippen molar-refractivity contribution < 1.29 is 0 Å². The van der Waals surface area contributed by atoms with Crippen molar-refractivity contribution in [3.05, 3.63) is 51.2 Å². The zero-order valence-corrected chi connectivity index (χ0v) is 12.3. The highest BCUT2D eigenvalue weighted by Gasteiger charge is 2.07. The molecule has 18 heavy (non-hydrogen) atoms. The first kappa shape index (κ1) is 13.4. The second-order valence-corrected chi connectivity index (χ2v) is 6.04. The largest absolute Gasteiger partial charge is 0.378 e. The lowest BCUT2D eigenvalue weighted by Gasteiger charge is -2.14. The van der Waals surface area contributed by atoms with Crippen LogP contribution in [-0.4, -0.2) is 0 Å². The monoisotopic (exact) mass is 279 g/mol. The van der Waals surface area contributed by atoms with Crippen LogP contribution in [0.5, 0.6) is 0 Å². The predicted octanol–water partition coefficient (Wildman–Crippen LogP) is 5.53. The van der Waals surface area contributed by atoms with Gasteiger partial charge in [-0.2, -0.15) is 0 Å². The second-order valence-electron chi connectivity index (χ2n) is 4.50. The Hall–Kier alpha value is -0.990. The molecule has 1 aromatic heterocycles. The molecule has 0 saturated heterocycles. The van der Waals surface area contributed by atoms with Crippen molar-refractivity contribution in [2.75, 3.05) is 5.32 Å². The predicted molar refractivity (Wildman–Crippen MR) is 81.8 cm³/mol. The van der Waals surface area contributed by atoms with Gasteiger partial charge < -0.3 is 5.32 Å². The topological polar surface area (TPSA) is 12.0 Å². The first-order chi connectivity index (χ1) is 8.69. The van der Waals surface area contributed by atoms with Gasteiger partial charge in [0.1, 0.15) is 0 Å². The lowest BCUT2D eigenvalue weighted by Crippen LogP contribution is -2.05. The molecule has 0 aliphatic rings. The number of aryl methyl sites for hydroxylation is 1. The Morgan fingerprint density at radius 1 is 1.28 bits per heavy atom.